The highest BCUT2D eigenvalue weighted by Gasteiger charge is 2.31. The Labute approximate surface area is 112 Å². The van der Waals surface area contributed by atoms with Crippen molar-refractivity contribution in [2.75, 3.05) is 11.9 Å². The molecule has 100 valence electrons. The van der Waals surface area contributed by atoms with E-state index in [1.54, 1.807) is 0 Å². The molecule has 2 atom stereocenters. The maximum Gasteiger partial charge on any atom is 0.416 e. The molecular weight excluding hydrogens is 311 g/mol. The lowest BCUT2D eigenvalue weighted by Gasteiger charge is -2.19. The van der Waals surface area contributed by atoms with E-state index in [1.165, 1.54) is 6.07 Å². The normalized spacial score (nSPS) is 24.3. The number of halogens is 4. The zero-order valence-corrected chi connectivity index (χ0v) is 11.3. The molecular formula is C12H13BrF3NO. The van der Waals surface area contributed by atoms with Gasteiger partial charge in [0.05, 0.1) is 17.7 Å². The molecule has 1 N–H and O–H groups in total. The molecule has 0 radical (unpaired) electrons. The van der Waals surface area contributed by atoms with Gasteiger partial charge in [-0.25, -0.2) is 0 Å². The fraction of sp³-hybridized carbons (Fsp3) is 0.500. The quantitative estimate of drug-likeness (QED) is 0.886. The van der Waals surface area contributed by atoms with Crippen LogP contribution in [0.1, 0.15) is 18.9 Å². The molecule has 1 aromatic rings. The van der Waals surface area contributed by atoms with Gasteiger partial charge in [0.2, 0.25) is 0 Å². The van der Waals surface area contributed by atoms with Gasteiger partial charge in [0, 0.05) is 16.8 Å². The van der Waals surface area contributed by atoms with Gasteiger partial charge in [-0.1, -0.05) is 0 Å². The summed E-state index contributed by atoms with van der Waals surface area (Å²) < 4.78 is 43.9. The molecule has 1 aliphatic rings. The predicted octanol–water partition coefficient (Wildman–Crippen LogP) is 4.06. The maximum atomic E-state index is 12.6. The Hall–Kier alpha value is -0.750. The van der Waals surface area contributed by atoms with Gasteiger partial charge in [0.25, 0.3) is 0 Å². The second kappa shape index (κ2) is 5.09. The number of nitrogens with one attached hydrogen (secondary N) is 1. The minimum atomic E-state index is -4.32. The third-order valence-electron chi connectivity index (χ3n) is 3.01. The summed E-state index contributed by atoms with van der Waals surface area (Å²) in [6.07, 6.45) is -3.52. The Morgan fingerprint density at radius 3 is 2.67 bits per heavy atom. The van der Waals surface area contributed by atoms with Crippen LogP contribution < -0.4 is 5.32 Å². The van der Waals surface area contributed by atoms with Crippen LogP contribution in [0.5, 0.6) is 0 Å². The van der Waals surface area contributed by atoms with Crippen molar-refractivity contribution in [2.24, 2.45) is 0 Å². The third-order valence-corrected chi connectivity index (χ3v) is 3.70. The van der Waals surface area contributed by atoms with Crippen LogP contribution in [0.4, 0.5) is 18.9 Å². The molecule has 2 rings (SSSR count). The lowest BCUT2D eigenvalue weighted by Crippen LogP contribution is -2.27. The topological polar surface area (TPSA) is 21.3 Å². The van der Waals surface area contributed by atoms with Crippen LogP contribution in [0.3, 0.4) is 0 Å². The number of hydrogen-bond donors (Lipinski definition) is 1. The van der Waals surface area contributed by atoms with Gasteiger partial charge in [-0.3, -0.25) is 0 Å². The van der Waals surface area contributed by atoms with Crippen LogP contribution in [0.2, 0.25) is 0 Å². The average Bonchev–Trinajstić information content (AvgIpc) is 2.66. The van der Waals surface area contributed by atoms with E-state index in [9.17, 15) is 13.2 Å². The van der Waals surface area contributed by atoms with E-state index in [0.29, 0.717) is 16.8 Å². The third kappa shape index (κ3) is 2.98. The van der Waals surface area contributed by atoms with Crippen molar-refractivity contribution in [1.29, 1.82) is 0 Å². The zero-order valence-electron chi connectivity index (χ0n) is 9.72. The molecule has 0 saturated carbocycles. The predicted molar refractivity (Wildman–Crippen MR) is 66.6 cm³/mol. The molecule has 2 nitrogen and oxygen atoms in total. The highest BCUT2D eigenvalue weighted by molar-refractivity contribution is 9.10. The molecule has 6 heteroatoms. The van der Waals surface area contributed by atoms with Crippen molar-refractivity contribution >= 4 is 21.6 Å². The smallest absolute Gasteiger partial charge is 0.379 e. The molecule has 18 heavy (non-hydrogen) atoms. The summed E-state index contributed by atoms with van der Waals surface area (Å²) in [6.45, 7) is 2.54. The van der Waals surface area contributed by atoms with Crippen molar-refractivity contribution in [3.8, 4) is 0 Å². The molecule has 1 aromatic carbocycles. The summed E-state index contributed by atoms with van der Waals surface area (Å²) in [6, 6.07) is 3.63. The molecule has 2 unspecified atom stereocenters. The van der Waals surface area contributed by atoms with Crippen LogP contribution in [0.15, 0.2) is 22.7 Å². The number of ether oxygens (including phenoxy) is 1. The van der Waals surface area contributed by atoms with E-state index in [0.717, 1.165) is 18.6 Å². The Balaban J connectivity index is 2.21. The summed E-state index contributed by atoms with van der Waals surface area (Å²) >= 11 is 3.25. The molecule has 1 aliphatic heterocycles. The van der Waals surface area contributed by atoms with E-state index in [2.05, 4.69) is 21.2 Å². The van der Waals surface area contributed by atoms with Crippen LogP contribution in [0.25, 0.3) is 0 Å². The molecule has 1 fully saturated rings. The van der Waals surface area contributed by atoms with E-state index >= 15 is 0 Å². The average molecular weight is 324 g/mol. The molecule has 0 aromatic heterocycles. The molecule has 0 aliphatic carbocycles. The van der Waals surface area contributed by atoms with Gasteiger partial charge in [-0.15, -0.1) is 0 Å². The van der Waals surface area contributed by atoms with Gasteiger partial charge >= 0.3 is 6.18 Å². The van der Waals surface area contributed by atoms with E-state index in [1.807, 2.05) is 6.92 Å². The number of anilines is 1. The summed E-state index contributed by atoms with van der Waals surface area (Å²) in [7, 11) is 0. The highest BCUT2D eigenvalue weighted by Crippen LogP contribution is 2.34. The van der Waals surface area contributed by atoms with Gasteiger partial charge in [0.1, 0.15) is 0 Å². The van der Waals surface area contributed by atoms with Crippen molar-refractivity contribution < 1.29 is 17.9 Å². The SMILES string of the molecule is CC1OCCC1Nc1cc(C(F)(F)F)ccc1Br. The first-order valence-corrected chi connectivity index (χ1v) is 6.42. The summed E-state index contributed by atoms with van der Waals surface area (Å²) in [5, 5.41) is 3.10. The Morgan fingerprint density at radius 1 is 1.39 bits per heavy atom. The van der Waals surface area contributed by atoms with Crippen molar-refractivity contribution in [3.63, 3.8) is 0 Å². The van der Waals surface area contributed by atoms with Crippen molar-refractivity contribution in [3.05, 3.63) is 28.2 Å². The Bertz CT molecular complexity index is 436. The van der Waals surface area contributed by atoms with Crippen molar-refractivity contribution in [2.45, 2.75) is 31.7 Å². The number of hydrogen-bond acceptors (Lipinski definition) is 2. The van der Waals surface area contributed by atoms with Gasteiger partial charge < -0.3 is 10.1 Å². The fourth-order valence-electron chi connectivity index (χ4n) is 1.93. The summed E-state index contributed by atoms with van der Waals surface area (Å²) in [5.74, 6) is 0. The van der Waals surface area contributed by atoms with Crippen LogP contribution in [-0.2, 0) is 10.9 Å². The van der Waals surface area contributed by atoms with Gasteiger partial charge in [-0.2, -0.15) is 13.2 Å². The second-order valence-electron chi connectivity index (χ2n) is 4.31. The standard InChI is InChI=1S/C12H13BrF3NO/c1-7-10(4-5-18-7)17-11-6-8(12(14,15)16)2-3-9(11)13/h2-3,6-7,10,17H,4-5H2,1H3. The Morgan fingerprint density at radius 2 is 2.11 bits per heavy atom. The molecule has 1 heterocycles. The van der Waals surface area contributed by atoms with Crippen LogP contribution in [-0.4, -0.2) is 18.8 Å². The number of alkyl halides is 3. The van der Waals surface area contributed by atoms with Crippen LogP contribution >= 0.6 is 15.9 Å². The lowest BCUT2D eigenvalue weighted by molar-refractivity contribution is -0.137. The first-order valence-electron chi connectivity index (χ1n) is 5.63. The fourth-order valence-corrected chi connectivity index (χ4v) is 2.29. The molecule has 0 bridgehead atoms. The first-order chi connectivity index (χ1) is 8.38. The lowest BCUT2D eigenvalue weighted by atomic mass is 10.1. The van der Waals surface area contributed by atoms with Crippen LogP contribution in [0, 0.1) is 0 Å². The minimum Gasteiger partial charge on any atom is -0.379 e. The number of rotatable bonds is 2. The Kier molecular flexibility index (Phi) is 3.87. The van der Waals surface area contributed by atoms with E-state index < -0.39 is 11.7 Å². The second-order valence-corrected chi connectivity index (χ2v) is 5.16. The highest BCUT2D eigenvalue weighted by atomic mass is 79.9. The minimum absolute atomic E-state index is 0.00597. The first kappa shape index (κ1) is 13.7. The maximum absolute atomic E-state index is 12.6. The van der Waals surface area contributed by atoms with Crippen molar-refractivity contribution in [1.82, 2.24) is 0 Å². The largest absolute Gasteiger partial charge is 0.416 e. The van der Waals surface area contributed by atoms with E-state index in [-0.39, 0.29) is 12.1 Å². The molecule has 1 saturated heterocycles. The van der Waals surface area contributed by atoms with Gasteiger partial charge in [-0.05, 0) is 47.5 Å². The molecule has 0 spiro atoms. The zero-order chi connectivity index (χ0) is 13.3. The van der Waals surface area contributed by atoms with E-state index in [4.69, 9.17) is 4.74 Å². The summed E-state index contributed by atoms with van der Waals surface area (Å²) in [4.78, 5) is 0. The van der Waals surface area contributed by atoms with Gasteiger partial charge in [0.15, 0.2) is 0 Å². The molecule has 0 amide bonds. The summed E-state index contributed by atoms with van der Waals surface area (Å²) in [5.41, 5.74) is -0.202. The monoisotopic (exact) mass is 323 g/mol. The number of benzene rings is 1.